The molecule has 146 valence electrons. The summed E-state index contributed by atoms with van der Waals surface area (Å²) in [7, 11) is 0. The average molecular weight is 415 g/mol. The van der Waals surface area contributed by atoms with Gasteiger partial charge in [-0.3, -0.25) is 0 Å². The van der Waals surface area contributed by atoms with Gasteiger partial charge in [0.1, 0.15) is 5.82 Å². The number of hydrogen-bond acceptors (Lipinski definition) is 3. The minimum atomic E-state index is -0.910. The molecule has 3 rings (SSSR count). The van der Waals surface area contributed by atoms with Gasteiger partial charge in [0.05, 0.1) is 18.4 Å². The highest BCUT2D eigenvalue weighted by Crippen LogP contribution is 2.21. The molecule has 0 saturated carbocycles. The van der Waals surface area contributed by atoms with E-state index in [-0.39, 0.29) is 0 Å². The van der Waals surface area contributed by atoms with Crippen LogP contribution in [0.1, 0.15) is 42.4 Å². The van der Waals surface area contributed by atoms with E-state index >= 15 is 0 Å². The summed E-state index contributed by atoms with van der Waals surface area (Å²) in [6, 6.07) is 9.67. The number of aromatic nitrogens is 2. The summed E-state index contributed by atoms with van der Waals surface area (Å²) in [6.45, 7) is 2.71. The van der Waals surface area contributed by atoms with Gasteiger partial charge in [-0.05, 0) is 46.5 Å². The summed E-state index contributed by atoms with van der Waals surface area (Å²) < 4.78 is 2.08. The summed E-state index contributed by atoms with van der Waals surface area (Å²) in [5.41, 5.74) is 3.13. The van der Waals surface area contributed by atoms with Crippen molar-refractivity contribution in [3.8, 4) is 0 Å². The third kappa shape index (κ3) is 5.12. The lowest BCUT2D eigenvalue weighted by molar-refractivity contribution is -0.132. The Bertz CT molecular complexity index is 961. The van der Waals surface area contributed by atoms with E-state index < -0.39 is 5.97 Å². The van der Waals surface area contributed by atoms with E-state index in [0.29, 0.717) is 23.6 Å². The molecule has 0 aliphatic carbocycles. The summed E-state index contributed by atoms with van der Waals surface area (Å²) in [5.74, 6) is 0.0418. The Labute approximate surface area is 174 Å². The molecule has 2 heterocycles. The Morgan fingerprint density at radius 1 is 1.32 bits per heavy atom. The second kappa shape index (κ2) is 9.71. The fraction of sp³-hybridized carbons (Fsp3) is 0.273. The second-order valence-corrected chi connectivity index (χ2v) is 7.85. The van der Waals surface area contributed by atoms with Gasteiger partial charge in [-0.25, -0.2) is 9.78 Å². The molecule has 0 amide bonds. The van der Waals surface area contributed by atoms with Crippen LogP contribution in [-0.4, -0.2) is 20.6 Å². The highest BCUT2D eigenvalue weighted by atomic mass is 35.5. The van der Waals surface area contributed by atoms with Gasteiger partial charge in [0, 0.05) is 23.4 Å². The van der Waals surface area contributed by atoms with Crippen molar-refractivity contribution in [3.05, 3.63) is 80.5 Å². The molecule has 6 heteroatoms. The van der Waals surface area contributed by atoms with Crippen molar-refractivity contribution < 1.29 is 9.90 Å². The van der Waals surface area contributed by atoms with Gasteiger partial charge in [-0.2, -0.15) is 11.3 Å². The third-order valence-corrected chi connectivity index (χ3v) is 5.68. The first kappa shape index (κ1) is 20.4. The van der Waals surface area contributed by atoms with E-state index in [1.54, 1.807) is 23.6 Å². The summed E-state index contributed by atoms with van der Waals surface area (Å²) in [6.07, 6.45) is 6.84. The molecule has 0 atom stereocenters. The topological polar surface area (TPSA) is 55.1 Å². The van der Waals surface area contributed by atoms with Crippen molar-refractivity contribution >= 4 is 35.0 Å². The Kier molecular flexibility index (Phi) is 7.06. The van der Waals surface area contributed by atoms with Crippen LogP contribution in [0.5, 0.6) is 0 Å². The first-order chi connectivity index (χ1) is 13.6. The zero-order valence-corrected chi connectivity index (χ0v) is 17.3. The second-order valence-electron chi connectivity index (χ2n) is 6.66. The van der Waals surface area contributed by atoms with Crippen molar-refractivity contribution in [1.29, 1.82) is 0 Å². The standard InChI is InChI=1S/C22H23ClN2O2S/c1-2-3-8-21-24-13-19(25(21)14-17-6-4-5-7-20(17)23)12-18(22(26)27)11-16-9-10-28-15-16/h4-7,9-10,12-13,15H,2-3,8,11,14H2,1H3,(H,26,27)/b18-12-. The average Bonchev–Trinajstić information content (AvgIpc) is 3.32. The van der Waals surface area contributed by atoms with Crippen molar-refractivity contribution in [2.75, 3.05) is 0 Å². The van der Waals surface area contributed by atoms with Gasteiger partial charge in [0.25, 0.3) is 0 Å². The molecule has 28 heavy (non-hydrogen) atoms. The Morgan fingerprint density at radius 3 is 2.82 bits per heavy atom. The molecule has 2 aromatic heterocycles. The predicted molar refractivity (Wildman–Crippen MR) is 115 cm³/mol. The number of aryl methyl sites for hydroxylation is 1. The van der Waals surface area contributed by atoms with Crippen molar-refractivity contribution in [1.82, 2.24) is 9.55 Å². The molecule has 4 nitrogen and oxygen atoms in total. The van der Waals surface area contributed by atoms with E-state index in [1.165, 1.54) is 0 Å². The first-order valence-electron chi connectivity index (χ1n) is 9.31. The lowest BCUT2D eigenvalue weighted by Crippen LogP contribution is -2.09. The van der Waals surface area contributed by atoms with E-state index in [9.17, 15) is 9.90 Å². The van der Waals surface area contributed by atoms with Crippen molar-refractivity contribution in [3.63, 3.8) is 0 Å². The molecule has 0 fully saturated rings. The van der Waals surface area contributed by atoms with Crippen LogP contribution >= 0.6 is 22.9 Å². The fourth-order valence-electron chi connectivity index (χ4n) is 3.04. The van der Waals surface area contributed by atoms with Gasteiger partial charge in [0.15, 0.2) is 0 Å². The summed E-state index contributed by atoms with van der Waals surface area (Å²) in [4.78, 5) is 16.4. The molecule has 0 unspecified atom stereocenters. The number of benzene rings is 1. The van der Waals surface area contributed by atoms with Gasteiger partial charge >= 0.3 is 5.97 Å². The maximum absolute atomic E-state index is 11.8. The molecule has 0 spiro atoms. The lowest BCUT2D eigenvalue weighted by Gasteiger charge is -2.12. The monoisotopic (exact) mass is 414 g/mol. The quantitative estimate of drug-likeness (QED) is 0.457. The third-order valence-electron chi connectivity index (χ3n) is 4.58. The van der Waals surface area contributed by atoms with Crippen molar-refractivity contribution in [2.24, 2.45) is 0 Å². The maximum atomic E-state index is 11.8. The van der Waals surface area contributed by atoms with Crippen LogP contribution in [0.25, 0.3) is 6.08 Å². The van der Waals surface area contributed by atoms with Crippen LogP contribution in [0.4, 0.5) is 0 Å². The largest absolute Gasteiger partial charge is 0.478 e. The number of aliphatic carboxylic acids is 1. The number of hydrogen-bond donors (Lipinski definition) is 1. The van der Waals surface area contributed by atoms with E-state index in [0.717, 1.165) is 41.9 Å². The molecule has 0 saturated heterocycles. The van der Waals surface area contributed by atoms with E-state index in [4.69, 9.17) is 11.6 Å². The number of carboxylic acids is 1. The Hall–Kier alpha value is -2.37. The predicted octanol–water partition coefficient (Wildman–Crippen LogP) is 5.70. The van der Waals surface area contributed by atoms with Crippen LogP contribution in [0.15, 0.2) is 52.9 Å². The number of thiophene rings is 1. The minimum Gasteiger partial charge on any atom is -0.478 e. The molecule has 0 aliphatic heterocycles. The number of carbonyl (C=O) groups is 1. The SMILES string of the molecule is CCCCc1ncc(/C=C(/Cc2ccsc2)C(=O)O)n1Cc1ccccc1Cl. The normalized spacial score (nSPS) is 11.7. The van der Waals surface area contributed by atoms with Gasteiger partial charge in [0.2, 0.25) is 0 Å². The fourth-order valence-corrected chi connectivity index (χ4v) is 3.90. The van der Waals surface area contributed by atoms with E-state index in [1.807, 2.05) is 41.1 Å². The lowest BCUT2D eigenvalue weighted by atomic mass is 10.1. The Balaban J connectivity index is 1.97. The first-order valence-corrected chi connectivity index (χ1v) is 10.6. The molecule has 1 N–H and O–H groups in total. The molecule has 1 aromatic carbocycles. The number of unbranched alkanes of at least 4 members (excludes halogenated alkanes) is 1. The minimum absolute atomic E-state index is 0.348. The zero-order valence-electron chi connectivity index (χ0n) is 15.8. The number of halogens is 1. The summed E-state index contributed by atoms with van der Waals surface area (Å²) in [5, 5.41) is 14.3. The highest BCUT2D eigenvalue weighted by molar-refractivity contribution is 7.07. The summed E-state index contributed by atoms with van der Waals surface area (Å²) >= 11 is 7.93. The van der Waals surface area contributed by atoms with Crippen molar-refractivity contribution in [2.45, 2.75) is 39.2 Å². The van der Waals surface area contributed by atoms with Crippen LogP contribution in [0, 0.1) is 0 Å². The van der Waals surface area contributed by atoms with Crippen LogP contribution in [0.3, 0.4) is 0 Å². The number of nitrogens with zero attached hydrogens (tertiary/aromatic N) is 2. The van der Waals surface area contributed by atoms with Crippen LogP contribution < -0.4 is 0 Å². The van der Waals surface area contributed by atoms with Gasteiger partial charge in [-0.1, -0.05) is 43.1 Å². The molecular formula is C22H23ClN2O2S. The molecule has 3 aromatic rings. The molecule has 0 bridgehead atoms. The number of carboxylic acid groups (broad SMARTS) is 1. The highest BCUT2D eigenvalue weighted by Gasteiger charge is 2.14. The van der Waals surface area contributed by atoms with E-state index in [2.05, 4.69) is 16.5 Å². The van der Waals surface area contributed by atoms with Crippen LogP contribution in [0.2, 0.25) is 5.02 Å². The van der Waals surface area contributed by atoms with Gasteiger partial charge < -0.3 is 9.67 Å². The zero-order chi connectivity index (χ0) is 19.9. The number of rotatable bonds is 9. The smallest absolute Gasteiger partial charge is 0.331 e. The maximum Gasteiger partial charge on any atom is 0.331 e. The van der Waals surface area contributed by atoms with Crippen LogP contribution in [-0.2, 0) is 24.2 Å². The molecule has 0 aliphatic rings. The number of imidazole rings is 1. The molecule has 0 radical (unpaired) electrons. The van der Waals surface area contributed by atoms with Gasteiger partial charge in [-0.15, -0.1) is 0 Å². The molecular weight excluding hydrogens is 392 g/mol. The Morgan fingerprint density at radius 2 is 2.14 bits per heavy atom.